The Kier molecular flexibility index (Phi) is 4.92. The Labute approximate surface area is 135 Å². The maximum absolute atomic E-state index is 12.1. The molecule has 122 valence electrons. The number of anilines is 1. The van der Waals surface area contributed by atoms with Crippen molar-refractivity contribution in [3.05, 3.63) is 41.7 Å². The van der Waals surface area contributed by atoms with Crippen molar-refractivity contribution in [2.45, 2.75) is 32.3 Å². The second kappa shape index (κ2) is 7.28. The number of H-pyrrole nitrogens is 1. The maximum atomic E-state index is 12.1. The van der Waals surface area contributed by atoms with Gasteiger partial charge in [-0.05, 0) is 49.6 Å². The zero-order chi connectivity index (χ0) is 16.1. The van der Waals surface area contributed by atoms with E-state index < -0.39 is 0 Å². The van der Waals surface area contributed by atoms with Crippen molar-refractivity contribution >= 4 is 11.6 Å². The van der Waals surface area contributed by atoms with Gasteiger partial charge in [-0.3, -0.25) is 9.89 Å². The van der Waals surface area contributed by atoms with Crippen LogP contribution in [0, 0.1) is 0 Å². The van der Waals surface area contributed by atoms with E-state index in [1.54, 1.807) is 6.07 Å². The fourth-order valence-electron chi connectivity index (χ4n) is 2.45. The molecule has 6 heteroatoms. The first-order valence-corrected chi connectivity index (χ1v) is 7.94. The van der Waals surface area contributed by atoms with Crippen LogP contribution in [-0.4, -0.2) is 35.4 Å². The molecule has 0 bridgehead atoms. The topological polar surface area (TPSA) is 76.2 Å². The summed E-state index contributed by atoms with van der Waals surface area (Å²) in [4.78, 5) is 12.1. The van der Waals surface area contributed by atoms with Gasteiger partial charge in [0.2, 0.25) is 0 Å². The standard InChI is InChI=1S/C17H21N3O3/c1-2-12-10-16(20-19-12)17(21)18-13-5-7-14(8-6-13)23-11-15-4-3-9-22-15/h5-8,10,15H,2-4,9,11H2,1H3,(H,18,21)(H,19,20). The molecule has 0 saturated carbocycles. The Bertz CT molecular complexity index is 645. The lowest BCUT2D eigenvalue weighted by atomic mass is 10.2. The second-order valence-corrected chi connectivity index (χ2v) is 5.56. The monoisotopic (exact) mass is 315 g/mol. The first-order valence-electron chi connectivity index (χ1n) is 7.94. The minimum absolute atomic E-state index is 0.196. The minimum atomic E-state index is -0.228. The van der Waals surface area contributed by atoms with E-state index in [-0.39, 0.29) is 12.0 Å². The van der Waals surface area contributed by atoms with Crippen LogP contribution in [0.2, 0.25) is 0 Å². The number of aromatic amines is 1. The van der Waals surface area contributed by atoms with Gasteiger partial charge < -0.3 is 14.8 Å². The van der Waals surface area contributed by atoms with Crippen molar-refractivity contribution in [3.8, 4) is 5.75 Å². The Morgan fingerprint density at radius 3 is 2.91 bits per heavy atom. The van der Waals surface area contributed by atoms with Crippen LogP contribution in [0.25, 0.3) is 0 Å². The number of benzene rings is 1. The zero-order valence-corrected chi connectivity index (χ0v) is 13.2. The molecule has 1 aromatic carbocycles. The van der Waals surface area contributed by atoms with Crippen molar-refractivity contribution in [2.75, 3.05) is 18.5 Å². The number of rotatable bonds is 6. The van der Waals surface area contributed by atoms with Crippen LogP contribution in [-0.2, 0) is 11.2 Å². The number of nitrogens with one attached hydrogen (secondary N) is 2. The number of aryl methyl sites for hydroxylation is 1. The number of hydrogen-bond donors (Lipinski definition) is 2. The summed E-state index contributed by atoms with van der Waals surface area (Å²) in [7, 11) is 0. The van der Waals surface area contributed by atoms with Crippen LogP contribution >= 0.6 is 0 Å². The van der Waals surface area contributed by atoms with Crippen LogP contribution in [0.3, 0.4) is 0 Å². The summed E-state index contributed by atoms with van der Waals surface area (Å²) in [6, 6.07) is 9.07. The van der Waals surface area contributed by atoms with Gasteiger partial charge in [0.15, 0.2) is 5.69 Å². The van der Waals surface area contributed by atoms with Crippen LogP contribution < -0.4 is 10.1 Å². The quantitative estimate of drug-likeness (QED) is 0.859. The van der Waals surface area contributed by atoms with Gasteiger partial charge in [-0.15, -0.1) is 0 Å². The van der Waals surface area contributed by atoms with Gasteiger partial charge >= 0.3 is 0 Å². The van der Waals surface area contributed by atoms with Crippen molar-refractivity contribution < 1.29 is 14.3 Å². The molecule has 0 aliphatic carbocycles. The summed E-state index contributed by atoms with van der Waals surface area (Å²) >= 11 is 0. The predicted octanol–water partition coefficient (Wildman–Crippen LogP) is 2.78. The average molecular weight is 315 g/mol. The Hall–Kier alpha value is -2.34. The molecule has 1 aliphatic heterocycles. The maximum Gasteiger partial charge on any atom is 0.276 e. The van der Waals surface area contributed by atoms with Crippen molar-refractivity contribution in [3.63, 3.8) is 0 Å². The summed E-state index contributed by atoms with van der Waals surface area (Å²) in [5.74, 6) is 0.542. The average Bonchev–Trinajstić information content (AvgIpc) is 3.25. The van der Waals surface area contributed by atoms with E-state index in [1.807, 2.05) is 31.2 Å². The first-order chi connectivity index (χ1) is 11.2. The van der Waals surface area contributed by atoms with Gasteiger partial charge in [0.05, 0.1) is 6.10 Å². The number of aromatic nitrogens is 2. The lowest BCUT2D eigenvalue weighted by molar-refractivity contribution is 0.0679. The third-order valence-electron chi connectivity index (χ3n) is 3.82. The highest BCUT2D eigenvalue weighted by Gasteiger charge is 2.16. The Balaban J connectivity index is 1.53. The van der Waals surface area contributed by atoms with Crippen LogP contribution in [0.4, 0.5) is 5.69 Å². The van der Waals surface area contributed by atoms with Gasteiger partial charge in [-0.25, -0.2) is 0 Å². The van der Waals surface area contributed by atoms with Gasteiger partial charge in [0, 0.05) is 18.0 Å². The normalized spacial score (nSPS) is 17.2. The van der Waals surface area contributed by atoms with Crippen molar-refractivity contribution in [1.82, 2.24) is 10.2 Å². The molecule has 1 aliphatic rings. The third-order valence-corrected chi connectivity index (χ3v) is 3.82. The lowest BCUT2D eigenvalue weighted by Gasteiger charge is -2.11. The molecule has 2 N–H and O–H groups in total. The van der Waals surface area contributed by atoms with E-state index in [0.717, 1.165) is 37.3 Å². The molecule has 23 heavy (non-hydrogen) atoms. The molecule has 1 atom stereocenters. The highest BCUT2D eigenvalue weighted by Crippen LogP contribution is 2.19. The molecule has 0 radical (unpaired) electrons. The predicted molar refractivity (Wildman–Crippen MR) is 86.8 cm³/mol. The van der Waals surface area contributed by atoms with E-state index >= 15 is 0 Å². The van der Waals surface area contributed by atoms with Gasteiger partial charge in [-0.2, -0.15) is 5.10 Å². The summed E-state index contributed by atoms with van der Waals surface area (Å²) in [6.45, 7) is 3.40. The molecule has 0 spiro atoms. The molecule has 2 aromatic rings. The Morgan fingerprint density at radius 1 is 1.43 bits per heavy atom. The minimum Gasteiger partial charge on any atom is -0.491 e. The fraction of sp³-hybridized carbons (Fsp3) is 0.412. The number of carbonyl (C=O) groups excluding carboxylic acids is 1. The summed E-state index contributed by atoms with van der Waals surface area (Å²) in [6.07, 6.45) is 3.17. The SMILES string of the molecule is CCc1cc(C(=O)Nc2ccc(OCC3CCCO3)cc2)n[nH]1. The number of hydrogen-bond acceptors (Lipinski definition) is 4. The third kappa shape index (κ3) is 4.10. The molecular formula is C17H21N3O3. The second-order valence-electron chi connectivity index (χ2n) is 5.56. The molecule has 1 fully saturated rings. The molecule has 2 heterocycles. The highest BCUT2D eigenvalue weighted by atomic mass is 16.5. The number of nitrogens with zero attached hydrogens (tertiary/aromatic N) is 1. The molecule has 3 rings (SSSR count). The van der Waals surface area contributed by atoms with E-state index in [0.29, 0.717) is 18.0 Å². The Morgan fingerprint density at radius 2 is 2.26 bits per heavy atom. The lowest BCUT2D eigenvalue weighted by Crippen LogP contribution is -2.16. The first kappa shape index (κ1) is 15.6. The summed E-state index contributed by atoms with van der Waals surface area (Å²) in [5, 5.41) is 9.65. The molecule has 1 amide bonds. The number of carbonyl (C=O) groups is 1. The van der Waals surface area contributed by atoms with Crippen LogP contribution in [0.5, 0.6) is 5.75 Å². The largest absolute Gasteiger partial charge is 0.491 e. The molecule has 1 saturated heterocycles. The smallest absolute Gasteiger partial charge is 0.276 e. The molecular weight excluding hydrogens is 294 g/mol. The van der Waals surface area contributed by atoms with Crippen LogP contribution in [0.15, 0.2) is 30.3 Å². The van der Waals surface area contributed by atoms with E-state index in [4.69, 9.17) is 9.47 Å². The van der Waals surface area contributed by atoms with E-state index in [9.17, 15) is 4.79 Å². The van der Waals surface area contributed by atoms with Gasteiger partial charge in [0.1, 0.15) is 12.4 Å². The summed E-state index contributed by atoms with van der Waals surface area (Å²) in [5.41, 5.74) is 2.04. The fourth-order valence-corrected chi connectivity index (χ4v) is 2.45. The van der Waals surface area contributed by atoms with E-state index in [2.05, 4.69) is 15.5 Å². The molecule has 6 nitrogen and oxygen atoms in total. The zero-order valence-electron chi connectivity index (χ0n) is 13.2. The summed E-state index contributed by atoms with van der Waals surface area (Å²) < 4.78 is 11.2. The molecule has 1 unspecified atom stereocenters. The molecule has 1 aromatic heterocycles. The van der Waals surface area contributed by atoms with Crippen LogP contribution in [0.1, 0.15) is 35.9 Å². The van der Waals surface area contributed by atoms with Crippen molar-refractivity contribution in [1.29, 1.82) is 0 Å². The van der Waals surface area contributed by atoms with Gasteiger partial charge in [0.25, 0.3) is 5.91 Å². The number of amides is 1. The highest BCUT2D eigenvalue weighted by molar-refractivity contribution is 6.02. The number of ether oxygens (including phenoxy) is 2. The van der Waals surface area contributed by atoms with E-state index in [1.165, 1.54) is 0 Å². The van der Waals surface area contributed by atoms with Gasteiger partial charge in [-0.1, -0.05) is 6.92 Å². The van der Waals surface area contributed by atoms with Crippen molar-refractivity contribution in [2.24, 2.45) is 0 Å².